The number of ether oxygens (including phenoxy) is 2. The van der Waals surface area contributed by atoms with Gasteiger partial charge in [0.05, 0.1) is 25.2 Å². The lowest BCUT2D eigenvalue weighted by Crippen LogP contribution is -2.34. The number of amides is 2. The Kier molecular flexibility index (Phi) is 4.39. The summed E-state index contributed by atoms with van der Waals surface area (Å²) in [7, 11) is 3.17. The van der Waals surface area contributed by atoms with Gasteiger partial charge < -0.3 is 15.2 Å². The van der Waals surface area contributed by atoms with Crippen LogP contribution in [-0.2, 0) is 0 Å². The number of hydrogen-bond donors (Lipinski definition) is 2. The molecule has 0 heterocycles. The Balaban J connectivity index is 2.12. The molecule has 1 aromatic carbocycles. The molecule has 0 bridgehead atoms. The van der Waals surface area contributed by atoms with E-state index in [9.17, 15) is 10.0 Å². The molecule has 1 aliphatic rings. The molecule has 110 valence electrons. The van der Waals surface area contributed by atoms with Crippen LogP contribution in [0.1, 0.15) is 17.9 Å². The first kappa shape index (κ1) is 14.9. The summed E-state index contributed by atoms with van der Waals surface area (Å²) in [5.74, 6) is 1.78. The molecule has 1 aromatic rings. The number of nitrogens with two attached hydrogens (primary N) is 1. The van der Waals surface area contributed by atoms with Gasteiger partial charge >= 0.3 is 6.03 Å². The van der Waals surface area contributed by atoms with Gasteiger partial charge in [0.1, 0.15) is 0 Å². The lowest BCUT2D eigenvalue weighted by molar-refractivity contribution is -0.0431. The first-order valence-electron chi connectivity index (χ1n) is 6.15. The molecule has 2 rings (SSSR count). The minimum Gasteiger partial charge on any atom is -0.493 e. The van der Waals surface area contributed by atoms with Crippen molar-refractivity contribution in [3.05, 3.63) is 22.2 Å². The van der Waals surface area contributed by atoms with Gasteiger partial charge in [0.15, 0.2) is 11.5 Å². The monoisotopic (exact) mass is 344 g/mol. The summed E-state index contributed by atoms with van der Waals surface area (Å²) >= 11 is 3.45. The summed E-state index contributed by atoms with van der Waals surface area (Å²) in [5.41, 5.74) is 6.08. The third-order valence-electron chi connectivity index (χ3n) is 3.47. The van der Waals surface area contributed by atoms with Crippen LogP contribution in [0.5, 0.6) is 11.5 Å². The van der Waals surface area contributed by atoms with Crippen molar-refractivity contribution in [2.24, 2.45) is 11.7 Å². The van der Waals surface area contributed by atoms with Crippen LogP contribution in [0.2, 0.25) is 0 Å². The second-order valence-corrected chi connectivity index (χ2v) is 5.62. The molecule has 1 aliphatic carbocycles. The van der Waals surface area contributed by atoms with Gasteiger partial charge in [0, 0.05) is 0 Å². The van der Waals surface area contributed by atoms with Crippen LogP contribution in [0.15, 0.2) is 16.6 Å². The van der Waals surface area contributed by atoms with E-state index in [0.29, 0.717) is 16.6 Å². The molecule has 3 N–H and O–H groups in total. The topological polar surface area (TPSA) is 85.0 Å². The molecule has 0 aliphatic heterocycles. The third-order valence-corrected chi connectivity index (χ3v) is 4.06. The fourth-order valence-corrected chi connectivity index (χ4v) is 2.94. The molecule has 0 aromatic heterocycles. The van der Waals surface area contributed by atoms with Crippen molar-refractivity contribution in [2.45, 2.75) is 12.3 Å². The smallest absolute Gasteiger partial charge is 0.338 e. The molecule has 2 atom stereocenters. The number of nitrogens with zero attached hydrogens (tertiary/aromatic N) is 1. The minimum atomic E-state index is -0.829. The molecular weight excluding hydrogens is 328 g/mol. The molecule has 1 fully saturated rings. The first-order chi connectivity index (χ1) is 9.47. The van der Waals surface area contributed by atoms with Crippen LogP contribution < -0.4 is 15.2 Å². The molecule has 20 heavy (non-hydrogen) atoms. The van der Waals surface area contributed by atoms with Crippen molar-refractivity contribution in [1.29, 1.82) is 0 Å². The van der Waals surface area contributed by atoms with Crippen molar-refractivity contribution in [2.75, 3.05) is 20.8 Å². The number of benzene rings is 1. The standard InChI is InChI=1S/C13H17BrN2O4/c1-19-11-5-7(4-10(14)12(11)20-2)9-3-8(9)6-16(18)13(15)17/h4-5,8-9,18H,3,6H2,1-2H3,(H2,15,17)/t8-,9-/m0/s1. The van der Waals surface area contributed by atoms with Crippen LogP contribution in [0.4, 0.5) is 4.79 Å². The number of carbonyl (C=O) groups excluding carboxylic acids is 1. The van der Waals surface area contributed by atoms with Crippen LogP contribution in [0.25, 0.3) is 0 Å². The van der Waals surface area contributed by atoms with E-state index in [2.05, 4.69) is 15.9 Å². The summed E-state index contributed by atoms with van der Waals surface area (Å²) in [6.45, 7) is 0.242. The lowest BCUT2D eigenvalue weighted by atomic mass is 10.1. The highest BCUT2D eigenvalue weighted by atomic mass is 79.9. The summed E-state index contributed by atoms with van der Waals surface area (Å²) in [4.78, 5) is 10.8. The van der Waals surface area contributed by atoms with E-state index in [-0.39, 0.29) is 18.4 Å². The van der Waals surface area contributed by atoms with E-state index in [1.54, 1.807) is 14.2 Å². The Labute approximate surface area is 125 Å². The number of urea groups is 1. The van der Waals surface area contributed by atoms with Crippen LogP contribution in [0, 0.1) is 5.92 Å². The molecule has 6 nitrogen and oxygen atoms in total. The van der Waals surface area contributed by atoms with Crippen LogP contribution in [0.3, 0.4) is 0 Å². The zero-order valence-electron chi connectivity index (χ0n) is 11.3. The van der Waals surface area contributed by atoms with Crippen molar-refractivity contribution < 1.29 is 19.5 Å². The quantitative estimate of drug-likeness (QED) is 0.634. The van der Waals surface area contributed by atoms with E-state index in [4.69, 9.17) is 15.2 Å². The Bertz CT molecular complexity index is 523. The number of methoxy groups -OCH3 is 2. The number of hydroxylamine groups is 2. The minimum absolute atomic E-state index is 0.206. The summed E-state index contributed by atoms with van der Waals surface area (Å²) in [5, 5.41) is 9.90. The molecule has 0 saturated heterocycles. The molecule has 0 unspecified atom stereocenters. The predicted molar refractivity (Wildman–Crippen MR) is 76.2 cm³/mol. The Morgan fingerprint density at radius 1 is 1.50 bits per heavy atom. The normalized spacial score (nSPS) is 20.4. The molecule has 1 saturated carbocycles. The maximum absolute atomic E-state index is 10.8. The molecule has 7 heteroatoms. The maximum Gasteiger partial charge on any atom is 0.338 e. The van der Waals surface area contributed by atoms with Crippen LogP contribution in [-0.4, -0.2) is 37.1 Å². The van der Waals surface area contributed by atoms with Gasteiger partial charge in [0.25, 0.3) is 0 Å². The van der Waals surface area contributed by atoms with Gasteiger partial charge in [-0.25, -0.2) is 9.86 Å². The fraction of sp³-hybridized carbons (Fsp3) is 0.462. The lowest BCUT2D eigenvalue weighted by Gasteiger charge is -2.13. The molecular formula is C13H17BrN2O4. The second-order valence-electron chi connectivity index (χ2n) is 4.76. The van der Waals surface area contributed by atoms with E-state index in [1.807, 2.05) is 12.1 Å². The van der Waals surface area contributed by atoms with Gasteiger partial charge in [-0.15, -0.1) is 0 Å². The Morgan fingerprint density at radius 3 is 2.75 bits per heavy atom. The summed E-state index contributed by atoms with van der Waals surface area (Å²) in [6, 6.07) is 3.06. The van der Waals surface area contributed by atoms with Crippen molar-refractivity contribution in [3.8, 4) is 11.5 Å². The highest BCUT2D eigenvalue weighted by Gasteiger charge is 2.40. The van der Waals surface area contributed by atoms with Gasteiger partial charge in [-0.1, -0.05) is 0 Å². The maximum atomic E-state index is 10.8. The van der Waals surface area contributed by atoms with Gasteiger partial charge in [-0.2, -0.15) is 0 Å². The molecule has 0 radical (unpaired) electrons. The zero-order chi connectivity index (χ0) is 14.9. The van der Waals surface area contributed by atoms with Crippen LogP contribution >= 0.6 is 15.9 Å². The SMILES string of the molecule is COc1cc([C@@H]2C[C@H]2CN(O)C(N)=O)cc(Br)c1OC. The Hall–Kier alpha value is -1.47. The van der Waals surface area contributed by atoms with Crippen molar-refractivity contribution in [3.63, 3.8) is 0 Å². The van der Waals surface area contributed by atoms with Gasteiger partial charge in [-0.05, 0) is 51.9 Å². The van der Waals surface area contributed by atoms with E-state index in [0.717, 1.165) is 16.5 Å². The average Bonchev–Trinajstić information content (AvgIpc) is 3.16. The van der Waals surface area contributed by atoms with Gasteiger partial charge in [-0.3, -0.25) is 5.21 Å². The average molecular weight is 345 g/mol. The summed E-state index contributed by atoms with van der Waals surface area (Å²) < 4.78 is 11.4. The zero-order valence-corrected chi connectivity index (χ0v) is 12.9. The highest BCUT2D eigenvalue weighted by Crippen LogP contribution is 2.50. The molecule has 2 amide bonds. The number of rotatable bonds is 5. The third kappa shape index (κ3) is 2.99. The molecule has 0 spiro atoms. The number of hydrogen-bond acceptors (Lipinski definition) is 4. The summed E-state index contributed by atoms with van der Waals surface area (Å²) in [6.07, 6.45) is 0.895. The highest BCUT2D eigenvalue weighted by molar-refractivity contribution is 9.10. The second kappa shape index (κ2) is 5.88. The number of halogens is 1. The number of primary amides is 1. The largest absolute Gasteiger partial charge is 0.493 e. The van der Waals surface area contributed by atoms with E-state index in [1.165, 1.54) is 0 Å². The number of carbonyl (C=O) groups is 1. The van der Waals surface area contributed by atoms with E-state index < -0.39 is 6.03 Å². The first-order valence-corrected chi connectivity index (χ1v) is 6.94. The van der Waals surface area contributed by atoms with E-state index >= 15 is 0 Å². The van der Waals surface area contributed by atoms with Crippen molar-refractivity contribution in [1.82, 2.24) is 5.06 Å². The van der Waals surface area contributed by atoms with Gasteiger partial charge in [0.2, 0.25) is 0 Å². The van der Waals surface area contributed by atoms with Crippen molar-refractivity contribution >= 4 is 22.0 Å². The fourth-order valence-electron chi connectivity index (χ4n) is 2.32. The predicted octanol–water partition coefficient (Wildman–Crippen LogP) is 2.34. The Morgan fingerprint density at radius 2 is 2.20 bits per heavy atom.